The minimum absolute atomic E-state index is 0.121. The lowest BCUT2D eigenvalue weighted by Crippen LogP contribution is -2.40. The zero-order valence-electron chi connectivity index (χ0n) is 18.4. The van der Waals surface area contributed by atoms with Crippen molar-refractivity contribution in [3.63, 3.8) is 0 Å². The summed E-state index contributed by atoms with van der Waals surface area (Å²) in [5.74, 6) is 2.17. The molecule has 2 aromatic carbocycles. The lowest BCUT2D eigenvalue weighted by molar-refractivity contribution is -0.686. The van der Waals surface area contributed by atoms with Crippen molar-refractivity contribution in [2.24, 2.45) is 0 Å². The van der Waals surface area contributed by atoms with E-state index in [0.717, 1.165) is 40.7 Å². The number of nitrogens with one attached hydrogen (secondary N) is 1. The molecule has 0 unspecified atom stereocenters. The Morgan fingerprint density at radius 2 is 1.81 bits per heavy atom. The number of hydrogen-bond acceptors (Lipinski definition) is 6. The molecule has 0 spiro atoms. The van der Waals surface area contributed by atoms with Gasteiger partial charge in [0.25, 0.3) is 5.91 Å². The molecule has 0 bridgehead atoms. The van der Waals surface area contributed by atoms with Crippen molar-refractivity contribution in [2.45, 2.75) is 13.0 Å². The number of pyridine rings is 1. The Kier molecular flexibility index (Phi) is 6.32. The summed E-state index contributed by atoms with van der Waals surface area (Å²) in [4.78, 5) is 12.0. The minimum atomic E-state index is -0.307. The average Bonchev–Trinajstić information content (AvgIpc) is 2.83. The molecule has 0 radical (unpaired) electrons. The van der Waals surface area contributed by atoms with Crippen LogP contribution in [0.4, 0.5) is 0 Å². The first-order valence-corrected chi connectivity index (χ1v) is 10.4. The van der Waals surface area contributed by atoms with Crippen molar-refractivity contribution < 1.29 is 33.4 Å². The second-order valence-corrected chi connectivity index (χ2v) is 7.43. The van der Waals surface area contributed by atoms with Gasteiger partial charge in [0.05, 0.1) is 38.9 Å². The second kappa shape index (κ2) is 9.32. The number of carbonyl (C=O) groups is 1. The van der Waals surface area contributed by atoms with Gasteiger partial charge in [-0.25, -0.2) is 0 Å². The molecule has 0 saturated carbocycles. The lowest BCUT2D eigenvalue weighted by Gasteiger charge is -2.19. The molecule has 168 valence electrons. The van der Waals surface area contributed by atoms with Crippen molar-refractivity contribution in [1.29, 1.82) is 0 Å². The Hall–Kier alpha value is -3.52. The number of amides is 1. The number of aryl methyl sites for hydroxylation is 2. The number of benzene rings is 2. The summed E-state index contributed by atoms with van der Waals surface area (Å²) in [6, 6.07) is 9.96. The van der Waals surface area contributed by atoms with E-state index in [1.165, 1.54) is 5.56 Å². The van der Waals surface area contributed by atoms with E-state index in [1.54, 1.807) is 21.3 Å². The molecule has 0 fully saturated rings. The lowest BCUT2D eigenvalue weighted by atomic mass is 9.95. The molecular formula is C24H27N2O6+. The van der Waals surface area contributed by atoms with Crippen molar-refractivity contribution in [3.05, 3.63) is 42.1 Å². The first-order chi connectivity index (χ1) is 15.6. The number of fused-ring (bicyclic) bond motifs is 4. The number of aliphatic hydroxyl groups excluding tert-OH is 1. The van der Waals surface area contributed by atoms with Crippen LogP contribution in [0.2, 0.25) is 0 Å². The molecule has 4 rings (SSSR count). The predicted molar refractivity (Wildman–Crippen MR) is 119 cm³/mol. The fourth-order valence-electron chi connectivity index (χ4n) is 4.03. The number of ether oxygens (including phenoxy) is 4. The van der Waals surface area contributed by atoms with Crippen LogP contribution in [0.5, 0.6) is 23.0 Å². The molecule has 2 N–H and O–H groups in total. The Morgan fingerprint density at radius 1 is 1.06 bits per heavy atom. The maximum atomic E-state index is 12.0. The summed E-state index contributed by atoms with van der Waals surface area (Å²) < 4.78 is 24.5. The quantitative estimate of drug-likeness (QED) is 0.521. The SMILES string of the molecule is COc1cc2c(cc1OC)-c1cc3ccc(OC)c(OCC(=O)NCCO)c3c[n+]1CC2. The summed E-state index contributed by atoms with van der Waals surface area (Å²) in [7, 11) is 4.84. The molecule has 1 aromatic heterocycles. The van der Waals surface area contributed by atoms with Gasteiger partial charge in [0.15, 0.2) is 42.3 Å². The smallest absolute Gasteiger partial charge is 0.258 e. The molecule has 0 atom stereocenters. The molecule has 8 heteroatoms. The summed E-state index contributed by atoms with van der Waals surface area (Å²) in [5, 5.41) is 13.3. The second-order valence-electron chi connectivity index (χ2n) is 7.43. The Balaban J connectivity index is 1.77. The van der Waals surface area contributed by atoms with Crippen LogP contribution in [-0.4, -0.2) is 52.1 Å². The fourth-order valence-corrected chi connectivity index (χ4v) is 4.03. The Morgan fingerprint density at radius 3 is 2.53 bits per heavy atom. The van der Waals surface area contributed by atoms with Gasteiger partial charge in [0.2, 0.25) is 5.69 Å². The molecule has 8 nitrogen and oxygen atoms in total. The average molecular weight is 439 g/mol. The number of methoxy groups -OCH3 is 3. The number of aromatic nitrogens is 1. The molecule has 2 heterocycles. The van der Waals surface area contributed by atoms with Gasteiger partial charge in [-0.15, -0.1) is 0 Å². The van der Waals surface area contributed by atoms with Crippen LogP contribution in [-0.2, 0) is 17.8 Å². The van der Waals surface area contributed by atoms with E-state index >= 15 is 0 Å². The van der Waals surface area contributed by atoms with E-state index in [-0.39, 0.29) is 25.7 Å². The topological polar surface area (TPSA) is 90.1 Å². The normalized spacial score (nSPS) is 12.0. The Bertz CT molecular complexity index is 1160. The van der Waals surface area contributed by atoms with Gasteiger partial charge < -0.3 is 29.4 Å². The molecule has 3 aromatic rings. The van der Waals surface area contributed by atoms with Crippen LogP contribution in [0.25, 0.3) is 22.0 Å². The van der Waals surface area contributed by atoms with Gasteiger partial charge >= 0.3 is 0 Å². The maximum absolute atomic E-state index is 12.0. The molecule has 32 heavy (non-hydrogen) atoms. The van der Waals surface area contributed by atoms with Gasteiger partial charge in [-0.1, -0.05) is 0 Å². The molecule has 0 aliphatic carbocycles. The number of rotatable bonds is 8. The van der Waals surface area contributed by atoms with Gasteiger partial charge in [-0.2, -0.15) is 4.57 Å². The molecule has 1 aliphatic heterocycles. The van der Waals surface area contributed by atoms with E-state index in [1.807, 2.05) is 30.5 Å². The van der Waals surface area contributed by atoms with Crippen LogP contribution >= 0.6 is 0 Å². The fraction of sp³-hybridized carbons (Fsp3) is 0.333. The van der Waals surface area contributed by atoms with E-state index in [0.29, 0.717) is 17.2 Å². The highest BCUT2D eigenvalue weighted by Crippen LogP contribution is 2.40. The minimum Gasteiger partial charge on any atom is -0.493 e. The number of aliphatic hydroxyl groups is 1. The number of nitrogens with zero attached hydrogens (tertiary/aromatic N) is 1. The van der Waals surface area contributed by atoms with Crippen molar-refractivity contribution in [2.75, 3.05) is 41.1 Å². The van der Waals surface area contributed by atoms with E-state index < -0.39 is 0 Å². The van der Waals surface area contributed by atoms with Crippen LogP contribution in [0.1, 0.15) is 5.56 Å². The zero-order valence-corrected chi connectivity index (χ0v) is 18.4. The standard InChI is InChI=1S/C24H26N2O6/c1-29-20-5-4-15-10-19-17-12-22(31-3)21(30-2)11-16(17)6-8-26(19)13-18(15)24(20)32-14-23(28)25-7-9-27/h4-5,10-13,27H,6-9,14H2,1-3H3/p+1. The summed E-state index contributed by atoms with van der Waals surface area (Å²) >= 11 is 0. The summed E-state index contributed by atoms with van der Waals surface area (Å²) in [6.45, 7) is 0.689. The van der Waals surface area contributed by atoms with Gasteiger partial charge in [-0.3, -0.25) is 4.79 Å². The van der Waals surface area contributed by atoms with Crippen molar-refractivity contribution in [3.8, 4) is 34.3 Å². The van der Waals surface area contributed by atoms with Gasteiger partial charge in [0, 0.05) is 19.0 Å². The summed E-state index contributed by atoms with van der Waals surface area (Å²) in [6.07, 6.45) is 2.89. The molecule has 1 aliphatic rings. The van der Waals surface area contributed by atoms with Crippen LogP contribution in [0.3, 0.4) is 0 Å². The molecule has 0 saturated heterocycles. The number of carbonyl (C=O) groups excluding carboxylic acids is 1. The highest BCUT2D eigenvalue weighted by Gasteiger charge is 2.27. The van der Waals surface area contributed by atoms with E-state index in [2.05, 4.69) is 16.0 Å². The summed E-state index contributed by atoms with van der Waals surface area (Å²) in [5.41, 5.74) is 3.36. The van der Waals surface area contributed by atoms with Gasteiger partial charge in [-0.05, 0) is 35.2 Å². The highest BCUT2D eigenvalue weighted by atomic mass is 16.5. The zero-order chi connectivity index (χ0) is 22.7. The highest BCUT2D eigenvalue weighted by molar-refractivity contribution is 5.92. The van der Waals surface area contributed by atoms with Crippen LogP contribution < -0.4 is 28.8 Å². The third-order valence-electron chi connectivity index (χ3n) is 5.59. The van der Waals surface area contributed by atoms with E-state index in [4.69, 9.17) is 24.1 Å². The largest absolute Gasteiger partial charge is 0.493 e. The molecule has 1 amide bonds. The first kappa shape index (κ1) is 21.7. The number of hydrogen-bond donors (Lipinski definition) is 2. The predicted octanol–water partition coefficient (Wildman–Crippen LogP) is 1.86. The first-order valence-electron chi connectivity index (χ1n) is 10.4. The van der Waals surface area contributed by atoms with Crippen LogP contribution in [0, 0.1) is 0 Å². The van der Waals surface area contributed by atoms with Gasteiger partial charge in [0.1, 0.15) is 0 Å². The third kappa shape index (κ3) is 4.01. The van der Waals surface area contributed by atoms with Crippen molar-refractivity contribution in [1.82, 2.24) is 5.32 Å². The van der Waals surface area contributed by atoms with Crippen LogP contribution in [0.15, 0.2) is 36.5 Å². The maximum Gasteiger partial charge on any atom is 0.258 e. The Labute approximate surface area is 186 Å². The monoisotopic (exact) mass is 439 g/mol. The third-order valence-corrected chi connectivity index (χ3v) is 5.59. The van der Waals surface area contributed by atoms with Crippen molar-refractivity contribution >= 4 is 16.7 Å². The van der Waals surface area contributed by atoms with E-state index in [9.17, 15) is 4.79 Å². The molecular weight excluding hydrogens is 412 g/mol.